The van der Waals surface area contributed by atoms with Gasteiger partial charge in [0.15, 0.2) is 0 Å². The smallest absolute Gasteiger partial charge is 0.325 e. The minimum Gasteiger partial charge on any atom is -0.496 e. The van der Waals surface area contributed by atoms with Crippen molar-refractivity contribution < 1.29 is 14.3 Å². The maximum atomic E-state index is 11.4. The molecule has 1 N–H and O–H groups in total. The van der Waals surface area contributed by atoms with Crippen molar-refractivity contribution in [1.29, 1.82) is 0 Å². The standard InChI is InChI=1S/C14H15BrN2O3/c1-3-20-12(18)8-17-14-13-9(6-7-16-14)11(19-2)5-4-10(13)15/h4-7H,3,8H2,1-2H3,(H,16,17). The van der Waals surface area contributed by atoms with E-state index in [0.717, 1.165) is 21.0 Å². The molecule has 0 amide bonds. The first-order valence-electron chi connectivity index (χ1n) is 6.18. The zero-order valence-corrected chi connectivity index (χ0v) is 12.9. The zero-order valence-electron chi connectivity index (χ0n) is 11.3. The first-order chi connectivity index (χ1) is 9.67. The Morgan fingerprint density at radius 2 is 2.20 bits per heavy atom. The van der Waals surface area contributed by atoms with Crippen LogP contribution in [0.15, 0.2) is 28.9 Å². The van der Waals surface area contributed by atoms with Gasteiger partial charge >= 0.3 is 5.97 Å². The van der Waals surface area contributed by atoms with Gasteiger partial charge in [-0.3, -0.25) is 4.79 Å². The Hall–Kier alpha value is -1.82. The van der Waals surface area contributed by atoms with E-state index >= 15 is 0 Å². The van der Waals surface area contributed by atoms with E-state index in [0.29, 0.717) is 12.4 Å². The third-order valence-corrected chi connectivity index (χ3v) is 3.42. The van der Waals surface area contributed by atoms with Gasteiger partial charge in [0.1, 0.15) is 18.1 Å². The van der Waals surface area contributed by atoms with Crippen LogP contribution in [0.1, 0.15) is 6.92 Å². The van der Waals surface area contributed by atoms with Gasteiger partial charge in [0.05, 0.1) is 13.7 Å². The van der Waals surface area contributed by atoms with E-state index in [1.165, 1.54) is 0 Å². The maximum Gasteiger partial charge on any atom is 0.325 e. The number of anilines is 1. The van der Waals surface area contributed by atoms with Crippen LogP contribution in [0, 0.1) is 0 Å². The number of fused-ring (bicyclic) bond motifs is 1. The molecule has 0 aliphatic heterocycles. The Bertz CT molecular complexity index is 631. The summed E-state index contributed by atoms with van der Waals surface area (Å²) >= 11 is 3.50. The molecule has 0 fully saturated rings. The first kappa shape index (κ1) is 14.6. The number of carbonyl (C=O) groups is 1. The van der Waals surface area contributed by atoms with E-state index in [1.54, 1.807) is 20.2 Å². The third kappa shape index (κ3) is 3.01. The van der Waals surface area contributed by atoms with Crippen LogP contribution in [0.25, 0.3) is 10.8 Å². The summed E-state index contributed by atoms with van der Waals surface area (Å²) in [4.78, 5) is 15.7. The zero-order chi connectivity index (χ0) is 14.5. The second-order valence-corrected chi connectivity index (χ2v) is 4.84. The number of hydrogen-bond acceptors (Lipinski definition) is 5. The molecule has 0 bridgehead atoms. The molecule has 0 spiro atoms. The molecule has 0 aliphatic carbocycles. The minimum absolute atomic E-state index is 0.0730. The lowest BCUT2D eigenvalue weighted by molar-refractivity contribution is -0.140. The van der Waals surface area contributed by atoms with E-state index in [1.807, 2.05) is 18.2 Å². The van der Waals surface area contributed by atoms with Gasteiger partial charge in [0, 0.05) is 21.4 Å². The highest BCUT2D eigenvalue weighted by Crippen LogP contribution is 2.35. The summed E-state index contributed by atoms with van der Waals surface area (Å²) in [6.45, 7) is 2.21. The predicted molar refractivity (Wildman–Crippen MR) is 81.1 cm³/mol. The molecule has 1 heterocycles. The number of nitrogens with one attached hydrogen (secondary N) is 1. The quantitative estimate of drug-likeness (QED) is 0.849. The van der Waals surface area contributed by atoms with Gasteiger partial charge in [-0.25, -0.2) is 4.98 Å². The van der Waals surface area contributed by atoms with E-state index < -0.39 is 0 Å². The van der Waals surface area contributed by atoms with Crippen LogP contribution in [0.4, 0.5) is 5.82 Å². The summed E-state index contributed by atoms with van der Waals surface area (Å²) in [5.74, 6) is 1.05. The maximum absolute atomic E-state index is 11.4. The monoisotopic (exact) mass is 338 g/mol. The normalized spacial score (nSPS) is 10.3. The summed E-state index contributed by atoms with van der Waals surface area (Å²) in [5, 5.41) is 4.78. The number of pyridine rings is 1. The van der Waals surface area contributed by atoms with Gasteiger partial charge in [0.2, 0.25) is 0 Å². The van der Waals surface area contributed by atoms with E-state index in [4.69, 9.17) is 9.47 Å². The number of carbonyl (C=O) groups excluding carboxylic acids is 1. The SMILES string of the molecule is CCOC(=O)CNc1nccc2c(OC)ccc(Br)c12. The van der Waals surface area contributed by atoms with Gasteiger partial charge in [-0.05, 0) is 25.1 Å². The Morgan fingerprint density at radius 1 is 1.40 bits per heavy atom. The fourth-order valence-corrected chi connectivity index (χ4v) is 2.44. The third-order valence-electron chi connectivity index (χ3n) is 2.76. The fourth-order valence-electron chi connectivity index (χ4n) is 1.91. The number of nitrogens with zero attached hydrogens (tertiary/aromatic N) is 1. The molecule has 0 saturated carbocycles. The second kappa shape index (κ2) is 6.56. The number of esters is 1. The Balaban J connectivity index is 2.36. The molecule has 20 heavy (non-hydrogen) atoms. The second-order valence-electron chi connectivity index (χ2n) is 3.99. The molecule has 6 heteroatoms. The average molecular weight is 339 g/mol. The van der Waals surface area contributed by atoms with E-state index in [2.05, 4.69) is 26.2 Å². The molecule has 1 aromatic heterocycles. The van der Waals surface area contributed by atoms with Gasteiger partial charge in [-0.15, -0.1) is 0 Å². The number of benzene rings is 1. The highest BCUT2D eigenvalue weighted by molar-refractivity contribution is 9.10. The van der Waals surface area contributed by atoms with E-state index in [-0.39, 0.29) is 12.5 Å². The summed E-state index contributed by atoms with van der Waals surface area (Å²) < 4.78 is 11.1. The van der Waals surface area contributed by atoms with Crippen LogP contribution in [-0.2, 0) is 9.53 Å². The molecule has 5 nitrogen and oxygen atoms in total. The molecular weight excluding hydrogens is 324 g/mol. The van der Waals surface area contributed by atoms with Crippen LogP contribution < -0.4 is 10.1 Å². The molecule has 0 aliphatic rings. The minimum atomic E-state index is -0.315. The van der Waals surface area contributed by atoms with Crippen molar-refractivity contribution in [1.82, 2.24) is 4.98 Å². The van der Waals surface area contributed by atoms with Gasteiger partial charge < -0.3 is 14.8 Å². The number of halogens is 1. The van der Waals surface area contributed by atoms with Gasteiger partial charge in [-0.2, -0.15) is 0 Å². The van der Waals surface area contributed by atoms with Crippen molar-refractivity contribution in [2.75, 3.05) is 25.6 Å². The van der Waals surface area contributed by atoms with Crippen LogP contribution in [0.2, 0.25) is 0 Å². The van der Waals surface area contributed by atoms with Gasteiger partial charge in [0.25, 0.3) is 0 Å². The predicted octanol–water partition coefficient (Wildman–Crippen LogP) is 2.98. The molecule has 0 saturated heterocycles. The van der Waals surface area contributed by atoms with Crippen LogP contribution in [0.3, 0.4) is 0 Å². The van der Waals surface area contributed by atoms with Crippen LogP contribution in [-0.4, -0.2) is 31.2 Å². The fraction of sp³-hybridized carbons (Fsp3) is 0.286. The molecule has 2 aromatic rings. The molecule has 106 valence electrons. The number of aromatic nitrogens is 1. The number of methoxy groups -OCH3 is 1. The topological polar surface area (TPSA) is 60.5 Å². The summed E-state index contributed by atoms with van der Waals surface area (Å²) in [7, 11) is 1.62. The van der Waals surface area contributed by atoms with Crippen molar-refractivity contribution in [3.05, 3.63) is 28.9 Å². The molecule has 1 aromatic carbocycles. The summed E-state index contributed by atoms with van der Waals surface area (Å²) in [6.07, 6.45) is 1.67. The van der Waals surface area contributed by atoms with Crippen LogP contribution >= 0.6 is 15.9 Å². The Morgan fingerprint density at radius 3 is 2.90 bits per heavy atom. The highest BCUT2D eigenvalue weighted by Gasteiger charge is 2.11. The lowest BCUT2D eigenvalue weighted by Crippen LogP contribution is -2.17. The van der Waals surface area contributed by atoms with Crippen molar-refractivity contribution in [3.63, 3.8) is 0 Å². The molecule has 2 rings (SSSR count). The van der Waals surface area contributed by atoms with Crippen molar-refractivity contribution in [3.8, 4) is 5.75 Å². The Labute approximate surface area is 125 Å². The highest BCUT2D eigenvalue weighted by atomic mass is 79.9. The summed E-state index contributed by atoms with van der Waals surface area (Å²) in [6, 6.07) is 5.63. The number of rotatable bonds is 5. The number of hydrogen-bond donors (Lipinski definition) is 1. The van der Waals surface area contributed by atoms with Crippen molar-refractivity contribution >= 4 is 38.5 Å². The first-order valence-corrected chi connectivity index (χ1v) is 6.97. The number of ether oxygens (including phenoxy) is 2. The average Bonchev–Trinajstić information content (AvgIpc) is 2.46. The summed E-state index contributed by atoms with van der Waals surface area (Å²) in [5.41, 5.74) is 0. The largest absolute Gasteiger partial charge is 0.496 e. The molecule has 0 radical (unpaired) electrons. The van der Waals surface area contributed by atoms with E-state index in [9.17, 15) is 4.79 Å². The van der Waals surface area contributed by atoms with Crippen molar-refractivity contribution in [2.45, 2.75) is 6.92 Å². The Kier molecular flexibility index (Phi) is 4.79. The van der Waals surface area contributed by atoms with Crippen LogP contribution in [0.5, 0.6) is 5.75 Å². The molecule has 0 unspecified atom stereocenters. The van der Waals surface area contributed by atoms with Gasteiger partial charge in [-0.1, -0.05) is 15.9 Å². The lowest BCUT2D eigenvalue weighted by atomic mass is 10.1. The molecular formula is C14H15BrN2O3. The van der Waals surface area contributed by atoms with Crippen molar-refractivity contribution in [2.24, 2.45) is 0 Å². The lowest BCUT2D eigenvalue weighted by Gasteiger charge is -2.12. The molecule has 0 atom stereocenters.